The van der Waals surface area contributed by atoms with Gasteiger partial charge in [0, 0.05) is 44.0 Å². The van der Waals surface area contributed by atoms with Crippen LogP contribution in [0.1, 0.15) is 40.6 Å². The van der Waals surface area contributed by atoms with Crippen LogP contribution in [0.15, 0.2) is 17.5 Å². The number of thiophene rings is 1. The first kappa shape index (κ1) is 17.2. The van der Waals surface area contributed by atoms with Gasteiger partial charge in [0.05, 0.1) is 6.42 Å². The standard InChI is InChI=1S/C18H23N5O2S/c24-16(13-14-5-3-12-26-14)21-7-4-8-22(11-10-21)18(25)17-20-19-15-6-1-2-9-23(15)17/h3,5,12H,1-2,4,6-11,13H2. The molecule has 26 heavy (non-hydrogen) atoms. The summed E-state index contributed by atoms with van der Waals surface area (Å²) in [6, 6.07) is 3.96. The molecule has 0 saturated carbocycles. The predicted molar refractivity (Wildman–Crippen MR) is 98.1 cm³/mol. The van der Waals surface area contributed by atoms with Crippen LogP contribution in [0.2, 0.25) is 0 Å². The SMILES string of the molecule is O=C(Cc1cccs1)N1CCCN(C(=O)c2nnc3n2CCCC3)CC1. The Morgan fingerprint density at radius 3 is 2.69 bits per heavy atom. The Morgan fingerprint density at radius 2 is 1.85 bits per heavy atom. The summed E-state index contributed by atoms with van der Waals surface area (Å²) in [5.74, 6) is 1.46. The summed E-state index contributed by atoms with van der Waals surface area (Å²) < 4.78 is 1.97. The Hall–Kier alpha value is -2.22. The Labute approximate surface area is 156 Å². The average Bonchev–Trinajstić information content (AvgIpc) is 3.25. The number of carbonyl (C=O) groups is 2. The maximum absolute atomic E-state index is 12.9. The van der Waals surface area contributed by atoms with Gasteiger partial charge in [0.2, 0.25) is 11.7 Å². The van der Waals surface area contributed by atoms with Gasteiger partial charge < -0.3 is 14.4 Å². The van der Waals surface area contributed by atoms with Crippen molar-refractivity contribution in [1.82, 2.24) is 24.6 Å². The molecule has 0 spiro atoms. The Kier molecular flexibility index (Phi) is 5.01. The number of hydrogen-bond donors (Lipinski definition) is 0. The van der Waals surface area contributed by atoms with E-state index in [9.17, 15) is 9.59 Å². The van der Waals surface area contributed by atoms with E-state index in [1.54, 1.807) is 11.3 Å². The fraction of sp³-hybridized carbons (Fsp3) is 0.556. The zero-order chi connectivity index (χ0) is 17.9. The lowest BCUT2D eigenvalue weighted by Crippen LogP contribution is -2.38. The van der Waals surface area contributed by atoms with Crippen molar-refractivity contribution < 1.29 is 9.59 Å². The van der Waals surface area contributed by atoms with Gasteiger partial charge in [-0.3, -0.25) is 9.59 Å². The van der Waals surface area contributed by atoms with Crippen LogP contribution in [0.4, 0.5) is 0 Å². The monoisotopic (exact) mass is 373 g/mol. The van der Waals surface area contributed by atoms with E-state index in [-0.39, 0.29) is 11.8 Å². The van der Waals surface area contributed by atoms with Crippen LogP contribution in [0, 0.1) is 0 Å². The molecule has 0 aromatic carbocycles. The van der Waals surface area contributed by atoms with Crippen LogP contribution >= 0.6 is 11.3 Å². The van der Waals surface area contributed by atoms with E-state index in [0.717, 1.165) is 42.9 Å². The van der Waals surface area contributed by atoms with Crippen LogP contribution < -0.4 is 0 Å². The first-order valence-corrected chi connectivity index (χ1v) is 10.1. The lowest BCUT2D eigenvalue weighted by molar-refractivity contribution is -0.130. The molecule has 4 rings (SSSR count). The minimum atomic E-state index is -0.0572. The Bertz CT molecular complexity index is 786. The van der Waals surface area contributed by atoms with E-state index in [1.165, 1.54) is 0 Å². The molecule has 2 aromatic heterocycles. The van der Waals surface area contributed by atoms with E-state index < -0.39 is 0 Å². The quantitative estimate of drug-likeness (QED) is 0.819. The van der Waals surface area contributed by atoms with Gasteiger partial charge in [-0.1, -0.05) is 6.07 Å². The molecule has 0 N–H and O–H groups in total. The molecule has 2 aromatic rings. The van der Waals surface area contributed by atoms with E-state index in [0.29, 0.717) is 38.4 Å². The van der Waals surface area contributed by atoms with Crippen LogP contribution in [0.5, 0.6) is 0 Å². The molecular weight excluding hydrogens is 350 g/mol. The van der Waals surface area contributed by atoms with E-state index in [4.69, 9.17) is 0 Å². The molecule has 1 saturated heterocycles. The number of rotatable bonds is 3. The average molecular weight is 373 g/mol. The largest absolute Gasteiger partial charge is 0.341 e. The maximum Gasteiger partial charge on any atom is 0.291 e. The van der Waals surface area contributed by atoms with Crippen molar-refractivity contribution in [2.75, 3.05) is 26.2 Å². The van der Waals surface area contributed by atoms with Crippen LogP contribution in [-0.2, 0) is 24.2 Å². The molecule has 138 valence electrons. The fourth-order valence-electron chi connectivity index (χ4n) is 3.65. The topological polar surface area (TPSA) is 71.3 Å². The summed E-state index contributed by atoms with van der Waals surface area (Å²) in [6.45, 7) is 3.31. The molecule has 4 heterocycles. The van der Waals surface area contributed by atoms with Crippen molar-refractivity contribution in [2.24, 2.45) is 0 Å². The second-order valence-corrected chi connectivity index (χ2v) is 7.86. The highest BCUT2D eigenvalue weighted by atomic mass is 32.1. The smallest absolute Gasteiger partial charge is 0.291 e. The number of nitrogens with zero attached hydrogens (tertiary/aromatic N) is 5. The van der Waals surface area contributed by atoms with E-state index in [1.807, 2.05) is 31.9 Å². The van der Waals surface area contributed by atoms with Crippen molar-refractivity contribution >= 4 is 23.2 Å². The molecule has 1 fully saturated rings. The van der Waals surface area contributed by atoms with Crippen molar-refractivity contribution in [1.29, 1.82) is 0 Å². The summed E-state index contributed by atoms with van der Waals surface area (Å²) >= 11 is 1.61. The van der Waals surface area contributed by atoms with Gasteiger partial charge >= 0.3 is 0 Å². The molecule has 2 aliphatic heterocycles. The number of amides is 2. The molecule has 2 aliphatic rings. The van der Waals surface area contributed by atoms with Gasteiger partial charge in [0.15, 0.2) is 0 Å². The Balaban J connectivity index is 1.39. The van der Waals surface area contributed by atoms with Crippen LogP contribution in [-0.4, -0.2) is 62.6 Å². The predicted octanol–water partition coefficient (Wildman–Crippen LogP) is 1.59. The molecule has 0 radical (unpaired) electrons. The third kappa shape index (κ3) is 3.51. The van der Waals surface area contributed by atoms with Crippen LogP contribution in [0.25, 0.3) is 0 Å². The zero-order valence-electron chi connectivity index (χ0n) is 14.8. The lowest BCUT2D eigenvalue weighted by Gasteiger charge is -2.22. The van der Waals surface area contributed by atoms with Crippen molar-refractivity contribution in [3.8, 4) is 0 Å². The minimum Gasteiger partial charge on any atom is -0.341 e. The first-order chi connectivity index (χ1) is 12.7. The second kappa shape index (κ2) is 7.57. The molecule has 0 atom stereocenters. The summed E-state index contributed by atoms with van der Waals surface area (Å²) in [7, 11) is 0. The number of hydrogen-bond acceptors (Lipinski definition) is 5. The third-order valence-corrected chi connectivity index (χ3v) is 5.97. The van der Waals surface area contributed by atoms with Gasteiger partial charge in [-0.25, -0.2) is 0 Å². The zero-order valence-corrected chi connectivity index (χ0v) is 15.6. The van der Waals surface area contributed by atoms with Crippen LogP contribution in [0.3, 0.4) is 0 Å². The van der Waals surface area contributed by atoms with E-state index in [2.05, 4.69) is 10.2 Å². The van der Waals surface area contributed by atoms with Gasteiger partial charge in [-0.05, 0) is 30.7 Å². The van der Waals surface area contributed by atoms with Gasteiger partial charge in [-0.2, -0.15) is 0 Å². The molecule has 7 nitrogen and oxygen atoms in total. The first-order valence-electron chi connectivity index (χ1n) is 9.24. The highest BCUT2D eigenvalue weighted by Crippen LogP contribution is 2.17. The van der Waals surface area contributed by atoms with Crippen molar-refractivity contribution in [2.45, 2.75) is 38.6 Å². The molecule has 0 aliphatic carbocycles. The molecule has 2 amide bonds. The lowest BCUT2D eigenvalue weighted by atomic mass is 10.1. The van der Waals surface area contributed by atoms with Gasteiger partial charge in [-0.15, -0.1) is 21.5 Å². The summed E-state index contributed by atoms with van der Waals surface area (Å²) in [5.41, 5.74) is 0. The molecular formula is C18H23N5O2S. The molecule has 0 bridgehead atoms. The highest BCUT2D eigenvalue weighted by molar-refractivity contribution is 7.10. The number of aromatic nitrogens is 3. The normalized spacial score (nSPS) is 17.7. The summed E-state index contributed by atoms with van der Waals surface area (Å²) in [4.78, 5) is 30.2. The number of aryl methyl sites for hydroxylation is 1. The van der Waals surface area contributed by atoms with Gasteiger partial charge in [0.25, 0.3) is 5.91 Å². The van der Waals surface area contributed by atoms with E-state index >= 15 is 0 Å². The maximum atomic E-state index is 12.9. The third-order valence-electron chi connectivity index (χ3n) is 5.09. The molecule has 8 heteroatoms. The number of fused-ring (bicyclic) bond motifs is 1. The molecule has 0 unspecified atom stereocenters. The second-order valence-electron chi connectivity index (χ2n) is 6.83. The summed E-state index contributed by atoms with van der Waals surface area (Å²) in [6.07, 6.45) is 4.31. The summed E-state index contributed by atoms with van der Waals surface area (Å²) in [5, 5.41) is 10.3. The van der Waals surface area contributed by atoms with Crippen molar-refractivity contribution in [3.05, 3.63) is 34.0 Å². The highest BCUT2D eigenvalue weighted by Gasteiger charge is 2.27. The minimum absolute atomic E-state index is 0.0572. The van der Waals surface area contributed by atoms with Crippen molar-refractivity contribution in [3.63, 3.8) is 0 Å². The van der Waals surface area contributed by atoms with Gasteiger partial charge in [0.1, 0.15) is 5.82 Å². The number of carbonyl (C=O) groups excluding carboxylic acids is 2. The fourth-order valence-corrected chi connectivity index (χ4v) is 4.35. The Morgan fingerprint density at radius 1 is 1.00 bits per heavy atom.